The largest absolute Gasteiger partial charge is 0.378 e. The zero-order chi connectivity index (χ0) is 12.6. The van der Waals surface area contributed by atoms with E-state index in [-0.39, 0.29) is 11.0 Å². The molecule has 0 saturated carbocycles. The average molecular weight is 242 g/mol. The summed E-state index contributed by atoms with van der Waals surface area (Å²) in [6.07, 6.45) is 0. The van der Waals surface area contributed by atoms with Crippen LogP contribution in [0, 0.1) is 0 Å². The second-order valence-electron chi connectivity index (χ2n) is 5.70. The number of aromatic nitrogens is 1. The van der Waals surface area contributed by atoms with Gasteiger partial charge in [0, 0.05) is 22.9 Å². The maximum atomic E-state index is 6.16. The molecule has 0 aliphatic heterocycles. The summed E-state index contributed by atoms with van der Waals surface area (Å²) in [5.41, 5.74) is 6.85. The van der Waals surface area contributed by atoms with E-state index in [1.807, 2.05) is 13.8 Å². The van der Waals surface area contributed by atoms with Crippen molar-refractivity contribution >= 4 is 11.3 Å². The van der Waals surface area contributed by atoms with Gasteiger partial charge in [0.05, 0.1) is 17.3 Å². The lowest BCUT2D eigenvalue weighted by molar-refractivity contribution is 0.180. The van der Waals surface area contributed by atoms with Crippen molar-refractivity contribution in [3.63, 3.8) is 0 Å². The lowest BCUT2D eigenvalue weighted by Crippen LogP contribution is -2.28. The molecule has 0 bridgehead atoms. The summed E-state index contributed by atoms with van der Waals surface area (Å²) in [5.74, 6) is 0. The van der Waals surface area contributed by atoms with E-state index in [1.165, 1.54) is 0 Å². The quantitative estimate of drug-likeness (QED) is 0.886. The molecule has 0 unspecified atom stereocenters. The van der Waals surface area contributed by atoms with Crippen LogP contribution in [0.5, 0.6) is 0 Å². The molecule has 0 aliphatic carbocycles. The van der Waals surface area contributed by atoms with Crippen LogP contribution in [0.15, 0.2) is 0 Å². The van der Waals surface area contributed by atoms with Gasteiger partial charge >= 0.3 is 0 Å². The molecule has 1 aromatic heterocycles. The molecule has 0 spiro atoms. The number of ether oxygens (including phenoxy) is 1. The third-order valence-corrected chi connectivity index (χ3v) is 4.07. The monoisotopic (exact) mass is 242 g/mol. The van der Waals surface area contributed by atoms with E-state index in [9.17, 15) is 0 Å². The zero-order valence-corrected chi connectivity index (χ0v) is 11.9. The molecule has 3 nitrogen and oxygen atoms in total. The summed E-state index contributed by atoms with van der Waals surface area (Å²) < 4.78 is 5.18. The van der Waals surface area contributed by atoms with Gasteiger partial charge in [-0.15, -0.1) is 11.3 Å². The van der Waals surface area contributed by atoms with Crippen molar-refractivity contribution in [2.24, 2.45) is 5.73 Å². The molecule has 0 aliphatic rings. The van der Waals surface area contributed by atoms with E-state index < -0.39 is 0 Å². The van der Waals surface area contributed by atoms with Crippen molar-refractivity contribution in [1.82, 2.24) is 4.98 Å². The second-order valence-corrected chi connectivity index (χ2v) is 6.70. The van der Waals surface area contributed by atoms with Gasteiger partial charge in [-0.3, -0.25) is 0 Å². The predicted octanol–water partition coefficient (Wildman–Crippen LogP) is 2.78. The lowest BCUT2D eigenvalue weighted by Gasteiger charge is -2.18. The third-order valence-electron chi connectivity index (χ3n) is 2.21. The van der Waals surface area contributed by atoms with E-state index in [1.54, 1.807) is 18.4 Å². The van der Waals surface area contributed by atoms with Crippen LogP contribution in [0.3, 0.4) is 0 Å². The maximum Gasteiger partial charge on any atom is 0.0986 e. The molecular weight excluding hydrogens is 220 g/mol. The van der Waals surface area contributed by atoms with E-state index in [0.29, 0.717) is 6.61 Å². The number of nitrogens with two attached hydrogens (primary N) is 1. The first-order valence-corrected chi connectivity index (χ1v) is 6.26. The molecule has 0 fully saturated rings. The Labute approximate surface area is 102 Å². The van der Waals surface area contributed by atoms with Crippen molar-refractivity contribution in [2.45, 2.75) is 52.2 Å². The smallest absolute Gasteiger partial charge is 0.0986 e. The normalized spacial score (nSPS) is 13.2. The summed E-state index contributed by atoms with van der Waals surface area (Å²) in [7, 11) is 1.68. The van der Waals surface area contributed by atoms with Crippen LogP contribution in [0.25, 0.3) is 0 Å². The summed E-state index contributed by atoms with van der Waals surface area (Å²) in [6.45, 7) is 11.0. The predicted molar refractivity (Wildman–Crippen MR) is 68.7 cm³/mol. The van der Waals surface area contributed by atoms with Crippen molar-refractivity contribution < 1.29 is 4.74 Å². The van der Waals surface area contributed by atoms with Gasteiger partial charge in [0.15, 0.2) is 0 Å². The van der Waals surface area contributed by atoms with Crippen LogP contribution >= 0.6 is 11.3 Å². The summed E-state index contributed by atoms with van der Waals surface area (Å²) in [5, 5.41) is 1.12. The number of hydrogen-bond acceptors (Lipinski definition) is 4. The number of nitrogens with zero attached hydrogens (tertiary/aromatic N) is 1. The first kappa shape index (κ1) is 13.6. The van der Waals surface area contributed by atoms with Gasteiger partial charge in [0.25, 0.3) is 0 Å². The Morgan fingerprint density at radius 1 is 1.25 bits per heavy atom. The van der Waals surface area contributed by atoms with Gasteiger partial charge in [-0.25, -0.2) is 4.98 Å². The number of methoxy groups -OCH3 is 1. The Balaban J connectivity index is 3.21. The number of hydrogen-bond donors (Lipinski definition) is 1. The molecule has 4 heteroatoms. The highest BCUT2D eigenvalue weighted by molar-refractivity contribution is 7.12. The SMILES string of the molecule is COCc1nc(C(C)(C)C)sc1C(C)(C)N. The standard InChI is InChI=1S/C12H22N2OS/c1-11(2,3)10-14-8(7-15-6)9(16-10)12(4,5)13/h7,13H2,1-6H3. The fourth-order valence-electron chi connectivity index (χ4n) is 1.41. The van der Waals surface area contributed by atoms with Crippen LogP contribution in [0.1, 0.15) is 50.2 Å². The van der Waals surface area contributed by atoms with E-state index in [2.05, 4.69) is 25.8 Å². The Morgan fingerprint density at radius 3 is 2.19 bits per heavy atom. The summed E-state index contributed by atoms with van der Waals surface area (Å²) in [6, 6.07) is 0. The van der Waals surface area contributed by atoms with Crippen molar-refractivity contribution in [3.05, 3.63) is 15.6 Å². The Hall–Kier alpha value is -0.450. The molecular formula is C12H22N2OS. The number of thiazole rings is 1. The van der Waals surface area contributed by atoms with Gasteiger partial charge in [-0.05, 0) is 13.8 Å². The average Bonchev–Trinajstić information content (AvgIpc) is 2.46. The number of rotatable bonds is 3. The minimum absolute atomic E-state index is 0.0661. The van der Waals surface area contributed by atoms with Crippen LogP contribution in [0.4, 0.5) is 0 Å². The molecule has 0 atom stereocenters. The fraction of sp³-hybridized carbons (Fsp3) is 0.750. The highest BCUT2D eigenvalue weighted by Crippen LogP contribution is 2.34. The third kappa shape index (κ3) is 3.03. The summed E-state index contributed by atoms with van der Waals surface area (Å²) in [4.78, 5) is 5.78. The maximum absolute atomic E-state index is 6.16. The minimum Gasteiger partial charge on any atom is -0.378 e. The Morgan fingerprint density at radius 2 is 1.81 bits per heavy atom. The fourth-order valence-corrected chi connectivity index (χ4v) is 2.55. The molecule has 0 amide bonds. The van der Waals surface area contributed by atoms with Gasteiger partial charge in [0.1, 0.15) is 0 Å². The highest BCUT2D eigenvalue weighted by Gasteiger charge is 2.27. The van der Waals surface area contributed by atoms with Gasteiger partial charge < -0.3 is 10.5 Å². The topological polar surface area (TPSA) is 48.1 Å². The highest BCUT2D eigenvalue weighted by atomic mass is 32.1. The zero-order valence-electron chi connectivity index (χ0n) is 11.0. The van der Waals surface area contributed by atoms with Gasteiger partial charge in [-0.1, -0.05) is 20.8 Å². The van der Waals surface area contributed by atoms with Crippen LogP contribution in [-0.2, 0) is 22.3 Å². The first-order valence-electron chi connectivity index (χ1n) is 5.44. The molecule has 0 radical (unpaired) electrons. The second kappa shape index (κ2) is 4.43. The molecule has 1 aromatic rings. The molecule has 1 rings (SSSR count). The van der Waals surface area contributed by atoms with Crippen molar-refractivity contribution in [1.29, 1.82) is 0 Å². The van der Waals surface area contributed by atoms with Crippen LogP contribution < -0.4 is 5.73 Å². The van der Waals surface area contributed by atoms with Gasteiger partial charge in [-0.2, -0.15) is 0 Å². The lowest BCUT2D eigenvalue weighted by atomic mass is 9.98. The molecule has 92 valence electrons. The molecule has 0 saturated heterocycles. The van der Waals surface area contributed by atoms with E-state index in [0.717, 1.165) is 15.6 Å². The Bertz CT molecular complexity index is 358. The minimum atomic E-state index is -0.352. The Kier molecular flexibility index (Phi) is 3.77. The van der Waals surface area contributed by atoms with Crippen molar-refractivity contribution in [3.8, 4) is 0 Å². The first-order chi connectivity index (χ1) is 7.16. The van der Waals surface area contributed by atoms with Crippen LogP contribution in [0.2, 0.25) is 0 Å². The van der Waals surface area contributed by atoms with Crippen LogP contribution in [-0.4, -0.2) is 12.1 Å². The molecule has 1 heterocycles. The van der Waals surface area contributed by atoms with Crippen molar-refractivity contribution in [2.75, 3.05) is 7.11 Å². The molecule has 16 heavy (non-hydrogen) atoms. The molecule has 2 N–H and O–H groups in total. The molecule has 0 aromatic carbocycles. The van der Waals surface area contributed by atoms with E-state index >= 15 is 0 Å². The van der Waals surface area contributed by atoms with Gasteiger partial charge in [0.2, 0.25) is 0 Å². The van der Waals surface area contributed by atoms with E-state index in [4.69, 9.17) is 10.5 Å². The summed E-state index contributed by atoms with van der Waals surface area (Å²) >= 11 is 1.70.